The average Bonchev–Trinajstić information content (AvgIpc) is 2.60. The minimum Gasteiger partial charge on any atom is -0.503 e. The van der Waals surface area contributed by atoms with E-state index in [9.17, 15) is 27.9 Å². The molecule has 1 aromatic heterocycles. The third kappa shape index (κ3) is 4.70. The Bertz CT molecular complexity index is 825. The van der Waals surface area contributed by atoms with Crippen LogP contribution in [0.1, 0.15) is 21.6 Å². The number of nitrogens with zero attached hydrogens (tertiary/aromatic N) is 1. The number of imide groups is 1. The Kier molecular flexibility index (Phi) is 5.78. The zero-order valence-corrected chi connectivity index (χ0v) is 13.2. The molecule has 26 heavy (non-hydrogen) atoms. The van der Waals surface area contributed by atoms with Gasteiger partial charge in [-0.2, -0.15) is 13.2 Å². The molecule has 0 aliphatic heterocycles. The highest BCUT2D eigenvalue weighted by Gasteiger charge is 2.30. The summed E-state index contributed by atoms with van der Waals surface area (Å²) in [5.74, 6) is -2.58. The minimum absolute atomic E-state index is 0.178. The van der Waals surface area contributed by atoms with Crippen LogP contribution in [0, 0.1) is 0 Å². The van der Waals surface area contributed by atoms with Crippen LogP contribution < -0.4 is 15.8 Å². The van der Waals surface area contributed by atoms with Gasteiger partial charge in [-0.3, -0.25) is 14.9 Å². The van der Waals surface area contributed by atoms with E-state index in [1.807, 2.05) is 5.32 Å². The zero-order chi connectivity index (χ0) is 19.3. The molecule has 0 aliphatic rings. The molecule has 4 N–H and O–H groups in total. The summed E-state index contributed by atoms with van der Waals surface area (Å²) in [6.45, 7) is -0.720. The number of halogens is 3. The van der Waals surface area contributed by atoms with Gasteiger partial charge in [0.2, 0.25) is 5.91 Å². The lowest BCUT2D eigenvalue weighted by atomic mass is 10.1. The topological polar surface area (TPSA) is 115 Å². The van der Waals surface area contributed by atoms with Gasteiger partial charge in [-0.15, -0.1) is 0 Å². The summed E-state index contributed by atoms with van der Waals surface area (Å²) in [5.41, 5.74) is 3.96. The number of hydrogen-bond donors (Lipinski definition) is 3. The fourth-order valence-corrected chi connectivity index (χ4v) is 1.95. The number of pyridine rings is 1. The van der Waals surface area contributed by atoms with Gasteiger partial charge < -0.3 is 15.6 Å². The molecular weight excluding hydrogens is 355 g/mol. The predicted molar refractivity (Wildman–Crippen MR) is 83.2 cm³/mol. The Morgan fingerprint density at radius 2 is 2.00 bits per heavy atom. The molecular formula is C16H14F3N3O4. The second kappa shape index (κ2) is 7.83. The maximum absolute atomic E-state index is 12.7. The smallest absolute Gasteiger partial charge is 0.416 e. The molecule has 2 amide bonds. The van der Waals surface area contributed by atoms with Crippen molar-refractivity contribution in [3.63, 3.8) is 0 Å². The van der Waals surface area contributed by atoms with E-state index in [0.717, 1.165) is 18.3 Å². The van der Waals surface area contributed by atoms with Crippen molar-refractivity contribution in [3.8, 4) is 11.5 Å². The highest BCUT2D eigenvalue weighted by Crippen LogP contribution is 2.31. The molecule has 138 valence electrons. The molecule has 2 rings (SSSR count). The van der Waals surface area contributed by atoms with Crippen molar-refractivity contribution in [3.05, 3.63) is 53.3 Å². The first-order valence-electron chi connectivity index (χ1n) is 7.23. The first-order valence-corrected chi connectivity index (χ1v) is 7.23. The number of ether oxygens (including phenoxy) is 1. The number of carbonyl (C=O) groups is 2. The lowest BCUT2D eigenvalue weighted by Crippen LogP contribution is -2.35. The standard InChI is InChI=1S/C16H14F3N3O4/c17-16(18,19)10-3-1-2-9(6-10)8-26-11-4-5-21-13(14(11)24)15(25)22-12(23)7-20/h1-6,24H,7-8,20H2,(H,22,23,25). The summed E-state index contributed by atoms with van der Waals surface area (Å²) in [7, 11) is 0. The summed E-state index contributed by atoms with van der Waals surface area (Å²) in [5, 5.41) is 11.9. The predicted octanol–water partition coefficient (Wildman–Crippen LogP) is 1.60. The van der Waals surface area contributed by atoms with Crippen molar-refractivity contribution in [2.24, 2.45) is 5.73 Å². The van der Waals surface area contributed by atoms with Crippen LogP contribution in [-0.4, -0.2) is 28.4 Å². The Morgan fingerprint density at radius 1 is 1.27 bits per heavy atom. The van der Waals surface area contributed by atoms with E-state index in [1.54, 1.807) is 0 Å². The number of alkyl halides is 3. The number of carbonyl (C=O) groups excluding carboxylic acids is 2. The van der Waals surface area contributed by atoms with Crippen molar-refractivity contribution >= 4 is 11.8 Å². The summed E-state index contributed by atoms with van der Waals surface area (Å²) >= 11 is 0. The van der Waals surface area contributed by atoms with Crippen LogP contribution >= 0.6 is 0 Å². The molecule has 0 spiro atoms. The Balaban J connectivity index is 2.15. The van der Waals surface area contributed by atoms with E-state index >= 15 is 0 Å². The largest absolute Gasteiger partial charge is 0.503 e. The van der Waals surface area contributed by atoms with Crippen LogP contribution in [0.15, 0.2) is 36.5 Å². The van der Waals surface area contributed by atoms with E-state index < -0.39 is 41.5 Å². The molecule has 0 aliphatic carbocycles. The van der Waals surface area contributed by atoms with E-state index in [2.05, 4.69) is 4.98 Å². The molecule has 0 saturated carbocycles. The Hall–Kier alpha value is -3.14. The minimum atomic E-state index is -4.49. The number of benzene rings is 1. The van der Waals surface area contributed by atoms with E-state index in [4.69, 9.17) is 10.5 Å². The number of aromatic nitrogens is 1. The molecule has 0 fully saturated rings. The van der Waals surface area contributed by atoms with Crippen molar-refractivity contribution in [2.45, 2.75) is 12.8 Å². The average molecular weight is 369 g/mol. The third-order valence-electron chi connectivity index (χ3n) is 3.19. The van der Waals surface area contributed by atoms with Gasteiger partial charge in [0.1, 0.15) is 6.61 Å². The van der Waals surface area contributed by atoms with Crippen LogP contribution in [-0.2, 0) is 17.6 Å². The van der Waals surface area contributed by atoms with Gasteiger partial charge in [-0.05, 0) is 17.7 Å². The number of nitrogens with one attached hydrogen (secondary N) is 1. The van der Waals surface area contributed by atoms with Crippen molar-refractivity contribution in [1.29, 1.82) is 0 Å². The SMILES string of the molecule is NCC(=O)NC(=O)c1nccc(OCc2cccc(C(F)(F)F)c2)c1O. The number of nitrogens with two attached hydrogens (primary N) is 1. The van der Waals surface area contributed by atoms with Gasteiger partial charge in [0.15, 0.2) is 17.2 Å². The fraction of sp³-hybridized carbons (Fsp3) is 0.188. The Morgan fingerprint density at radius 3 is 2.65 bits per heavy atom. The molecule has 0 bridgehead atoms. The van der Waals surface area contributed by atoms with Crippen LogP contribution in [0.25, 0.3) is 0 Å². The number of hydrogen-bond acceptors (Lipinski definition) is 6. The molecule has 1 aromatic carbocycles. The van der Waals surface area contributed by atoms with Crippen molar-refractivity contribution in [2.75, 3.05) is 6.54 Å². The highest BCUT2D eigenvalue weighted by atomic mass is 19.4. The molecule has 1 heterocycles. The third-order valence-corrected chi connectivity index (χ3v) is 3.19. The summed E-state index contributed by atoms with van der Waals surface area (Å²) in [6.07, 6.45) is -3.35. The van der Waals surface area contributed by atoms with Gasteiger partial charge in [0.05, 0.1) is 12.1 Å². The molecule has 0 saturated heterocycles. The van der Waals surface area contributed by atoms with Crippen LogP contribution in [0.4, 0.5) is 13.2 Å². The second-order valence-electron chi connectivity index (χ2n) is 5.07. The number of amides is 2. The van der Waals surface area contributed by atoms with Gasteiger partial charge in [-0.25, -0.2) is 4.98 Å². The summed E-state index contributed by atoms with van der Waals surface area (Å²) in [4.78, 5) is 26.6. The molecule has 2 aromatic rings. The maximum Gasteiger partial charge on any atom is 0.416 e. The first-order chi connectivity index (χ1) is 12.2. The van der Waals surface area contributed by atoms with Crippen LogP contribution in [0.3, 0.4) is 0 Å². The van der Waals surface area contributed by atoms with Gasteiger partial charge >= 0.3 is 6.18 Å². The van der Waals surface area contributed by atoms with Crippen LogP contribution in [0.2, 0.25) is 0 Å². The normalized spacial score (nSPS) is 11.1. The van der Waals surface area contributed by atoms with Gasteiger partial charge in [0, 0.05) is 12.3 Å². The number of aromatic hydroxyl groups is 1. The second-order valence-corrected chi connectivity index (χ2v) is 5.07. The fourth-order valence-electron chi connectivity index (χ4n) is 1.95. The van der Waals surface area contributed by atoms with E-state index in [0.29, 0.717) is 0 Å². The Labute approximate surface area is 145 Å². The van der Waals surface area contributed by atoms with Gasteiger partial charge in [-0.1, -0.05) is 12.1 Å². The quantitative estimate of drug-likeness (QED) is 0.738. The van der Waals surface area contributed by atoms with Crippen molar-refractivity contribution < 1.29 is 32.6 Å². The molecule has 0 radical (unpaired) electrons. The zero-order valence-electron chi connectivity index (χ0n) is 13.2. The van der Waals surface area contributed by atoms with E-state index in [-0.39, 0.29) is 17.9 Å². The molecule has 10 heteroatoms. The molecule has 0 atom stereocenters. The molecule has 0 unspecified atom stereocenters. The monoisotopic (exact) mass is 369 g/mol. The first kappa shape index (κ1) is 19.2. The summed E-state index contributed by atoms with van der Waals surface area (Å²) < 4.78 is 43.4. The van der Waals surface area contributed by atoms with Crippen LogP contribution in [0.5, 0.6) is 11.5 Å². The summed E-state index contributed by atoms with van der Waals surface area (Å²) in [6, 6.07) is 5.70. The van der Waals surface area contributed by atoms with Gasteiger partial charge in [0.25, 0.3) is 5.91 Å². The number of rotatable bonds is 5. The lowest BCUT2D eigenvalue weighted by molar-refractivity contribution is -0.137. The maximum atomic E-state index is 12.7. The molecule has 7 nitrogen and oxygen atoms in total. The van der Waals surface area contributed by atoms with Crippen molar-refractivity contribution in [1.82, 2.24) is 10.3 Å². The van der Waals surface area contributed by atoms with E-state index in [1.165, 1.54) is 18.2 Å². The highest BCUT2D eigenvalue weighted by molar-refractivity contribution is 6.05. The lowest BCUT2D eigenvalue weighted by Gasteiger charge is -2.12.